The molecular weight excluding hydrogens is 359 g/mol. The quantitative estimate of drug-likeness (QED) is 0.539. The van der Waals surface area contributed by atoms with Crippen molar-refractivity contribution < 1.29 is 18.7 Å². The third-order valence-corrected chi connectivity index (χ3v) is 5.08. The number of hydrogen-bond acceptors (Lipinski definition) is 7. The Morgan fingerprint density at radius 3 is 2.77 bits per heavy atom. The lowest BCUT2D eigenvalue weighted by Crippen LogP contribution is -2.38. The van der Waals surface area contributed by atoms with Crippen molar-refractivity contribution in [2.45, 2.75) is 18.6 Å². The molecule has 0 saturated carbocycles. The Morgan fingerprint density at radius 2 is 2.12 bits per heavy atom. The molecule has 0 radical (unpaired) electrons. The van der Waals surface area contributed by atoms with Crippen molar-refractivity contribution in [3.8, 4) is 5.75 Å². The number of thioether (sulfide) groups is 1. The van der Waals surface area contributed by atoms with Gasteiger partial charge >= 0.3 is 0 Å². The number of carbonyl (C=O) groups excluding carboxylic acids is 1. The molecule has 2 aromatic rings. The number of carbonyl (C=O) groups is 1. The van der Waals surface area contributed by atoms with Crippen LogP contribution in [-0.4, -0.2) is 59.7 Å². The van der Waals surface area contributed by atoms with Crippen molar-refractivity contribution in [2.75, 3.05) is 44.1 Å². The minimum absolute atomic E-state index is 0.120. The maximum atomic E-state index is 13.8. The number of anilines is 1. The molecular formula is C17H21FN4O3S. The summed E-state index contributed by atoms with van der Waals surface area (Å²) in [4.78, 5) is 14.5. The Morgan fingerprint density at radius 1 is 1.35 bits per heavy atom. The zero-order chi connectivity index (χ0) is 18.5. The average Bonchev–Trinajstić information content (AvgIpc) is 3.09. The van der Waals surface area contributed by atoms with E-state index in [2.05, 4.69) is 15.1 Å². The van der Waals surface area contributed by atoms with Crippen LogP contribution in [0.5, 0.6) is 5.75 Å². The average molecular weight is 380 g/mol. The van der Waals surface area contributed by atoms with Gasteiger partial charge in [0.15, 0.2) is 22.5 Å². The van der Waals surface area contributed by atoms with Gasteiger partial charge in [-0.3, -0.25) is 9.36 Å². The lowest BCUT2D eigenvalue weighted by Gasteiger charge is -2.27. The number of methoxy groups -OCH3 is 1. The smallest absolute Gasteiger partial charge is 0.228 e. The van der Waals surface area contributed by atoms with Crippen LogP contribution in [-0.2, 0) is 11.3 Å². The van der Waals surface area contributed by atoms with Crippen LogP contribution in [0.25, 0.3) is 0 Å². The molecule has 7 nitrogen and oxygen atoms in total. The predicted molar refractivity (Wildman–Crippen MR) is 96.7 cm³/mol. The fourth-order valence-corrected chi connectivity index (χ4v) is 3.61. The Kier molecular flexibility index (Phi) is 6.10. The van der Waals surface area contributed by atoms with Gasteiger partial charge in [0.1, 0.15) is 0 Å². The SMILES string of the molecule is CCn1c(SCC(=O)c2ccc(OC)c(F)c2)nnc1N1CCOCC1. The zero-order valence-electron chi connectivity index (χ0n) is 14.8. The van der Waals surface area contributed by atoms with E-state index in [0.717, 1.165) is 19.0 Å². The van der Waals surface area contributed by atoms with Gasteiger partial charge in [0.05, 0.1) is 26.1 Å². The van der Waals surface area contributed by atoms with Crippen LogP contribution in [0.15, 0.2) is 23.4 Å². The van der Waals surface area contributed by atoms with Crippen LogP contribution in [0.4, 0.5) is 10.3 Å². The number of halogens is 1. The molecule has 0 spiro atoms. The first-order chi connectivity index (χ1) is 12.6. The number of morpholine rings is 1. The van der Waals surface area contributed by atoms with Crippen molar-refractivity contribution in [1.82, 2.24) is 14.8 Å². The molecule has 1 fully saturated rings. The third kappa shape index (κ3) is 3.99. The lowest BCUT2D eigenvalue weighted by molar-refractivity contribution is 0.102. The second-order valence-electron chi connectivity index (χ2n) is 5.69. The normalized spacial score (nSPS) is 14.5. The summed E-state index contributed by atoms with van der Waals surface area (Å²) in [6, 6.07) is 4.22. The Labute approximate surface area is 155 Å². The summed E-state index contributed by atoms with van der Waals surface area (Å²) in [5, 5.41) is 9.17. The van der Waals surface area contributed by atoms with E-state index in [9.17, 15) is 9.18 Å². The number of nitrogens with zero attached hydrogens (tertiary/aromatic N) is 4. The lowest BCUT2D eigenvalue weighted by atomic mass is 10.1. The second-order valence-corrected chi connectivity index (χ2v) is 6.63. The van der Waals surface area contributed by atoms with Gasteiger partial charge in [0, 0.05) is 25.2 Å². The highest BCUT2D eigenvalue weighted by Gasteiger charge is 2.20. The van der Waals surface area contributed by atoms with Crippen LogP contribution in [0.2, 0.25) is 0 Å². The molecule has 0 N–H and O–H groups in total. The van der Waals surface area contributed by atoms with E-state index in [1.807, 2.05) is 11.5 Å². The first kappa shape index (κ1) is 18.7. The van der Waals surface area contributed by atoms with Crippen LogP contribution in [0.1, 0.15) is 17.3 Å². The number of aromatic nitrogens is 3. The predicted octanol–water partition coefficient (Wildman–Crippen LogP) is 2.26. The molecule has 2 heterocycles. The molecule has 1 aliphatic heterocycles. The molecule has 26 heavy (non-hydrogen) atoms. The van der Waals surface area contributed by atoms with Gasteiger partial charge in [-0.15, -0.1) is 10.2 Å². The largest absolute Gasteiger partial charge is 0.494 e. The monoisotopic (exact) mass is 380 g/mol. The number of Topliss-reactive ketones (excluding diaryl/α,β-unsaturated/α-hetero) is 1. The Bertz CT molecular complexity index is 777. The highest BCUT2D eigenvalue weighted by atomic mass is 32.2. The maximum absolute atomic E-state index is 13.8. The van der Waals surface area contributed by atoms with Gasteiger partial charge in [0.2, 0.25) is 5.95 Å². The van der Waals surface area contributed by atoms with Crippen LogP contribution in [0.3, 0.4) is 0 Å². The third-order valence-electron chi connectivity index (χ3n) is 4.11. The van der Waals surface area contributed by atoms with Crippen molar-refractivity contribution in [2.24, 2.45) is 0 Å². The van der Waals surface area contributed by atoms with Gasteiger partial charge in [-0.2, -0.15) is 0 Å². The topological polar surface area (TPSA) is 69.5 Å². The molecule has 9 heteroatoms. The van der Waals surface area contributed by atoms with E-state index in [4.69, 9.17) is 9.47 Å². The van der Waals surface area contributed by atoms with Gasteiger partial charge in [0.25, 0.3) is 0 Å². The first-order valence-corrected chi connectivity index (χ1v) is 9.38. The summed E-state index contributed by atoms with van der Waals surface area (Å²) in [7, 11) is 1.39. The number of ketones is 1. The summed E-state index contributed by atoms with van der Waals surface area (Å²) in [5.74, 6) is 0.355. The van der Waals surface area contributed by atoms with E-state index < -0.39 is 5.82 Å². The fourth-order valence-electron chi connectivity index (χ4n) is 2.72. The summed E-state index contributed by atoms with van der Waals surface area (Å²) >= 11 is 1.30. The number of rotatable bonds is 7. The van der Waals surface area contributed by atoms with E-state index >= 15 is 0 Å². The molecule has 140 valence electrons. The summed E-state index contributed by atoms with van der Waals surface area (Å²) in [6.45, 7) is 5.59. The van der Waals surface area contributed by atoms with Gasteiger partial charge in [-0.05, 0) is 25.1 Å². The van der Waals surface area contributed by atoms with Gasteiger partial charge in [-0.1, -0.05) is 11.8 Å². The minimum Gasteiger partial charge on any atom is -0.494 e. The highest BCUT2D eigenvalue weighted by molar-refractivity contribution is 7.99. The van der Waals surface area contributed by atoms with Crippen LogP contribution < -0.4 is 9.64 Å². The van der Waals surface area contributed by atoms with Gasteiger partial charge in [-0.25, -0.2) is 4.39 Å². The molecule has 0 bridgehead atoms. The van der Waals surface area contributed by atoms with Gasteiger partial charge < -0.3 is 14.4 Å². The maximum Gasteiger partial charge on any atom is 0.228 e. The summed E-state index contributed by atoms with van der Waals surface area (Å²) in [5.41, 5.74) is 0.312. The summed E-state index contributed by atoms with van der Waals surface area (Å²) in [6.07, 6.45) is 0. The molecule has 1 saturated heterocycles. The highest BCUT2D eigenvalue weighted by Crippen LogP contribution is 2.24. The molecule has 1 aliphatic rings. The van der Waals surface area contributed by atoms with E-state index in [1.165, 1.54) is 31.0 Å². The van der Waals surface area contributed by atoms with Crippen molar-refractivity contribution in [1.29, 1.82) is 0 Å². The molecule has 0 unspecified atom stereocenters. The fraction of sp³-hybridized carbons (Fsp3) is 0.471. The van der Waals surface area contributed by atoms with E-state index in [0.29, 0.717) is 30.5 Å². The molecule has 3 rings (SSSR count). The minimum atomic E-state index is -0.547. The van der Waals surface area contributed by atoms with E-state index in [1.54, 1.807) is 6.07 Å². The second kappa shape index (κ2) is 8.50. The summed E-state index contributed by atoms with van der Waals surface area (Å²) < 4.78 is 26.0. The Hall–Kier alpha value is -2.13. The van der Waals surface area contributed by atoms with Crippen molar-refractivity contribution >= 4 is 23.5 Å². The van der Waals surface area contributed by atoms with Crippen LogP contribution >= 0.6 is 11.8 Å². The van der Waals surface area contributed by atoms with Crippen molar-refractivity contribution in [3.63, 3.8) is 0 Å². The Balaban J connectivity index is 1.68. The van der Waals surface area contributed by atoms with Crippen LogP contribution in [0, 0.1) is 5.82 Å². The molecule has 0 aliphatic carbocycles. The standard InChI is InChI=1S/C17H21FN4O3S/c1-3-22-16(21-6-8-25-9-7-21)19-20-17(22)26-11-14(23)12-4-5-15(24-2)13(18)10-12/h4-5,10H,3,6-9,11H2,1-2H3. The zero-order valence-corrected chi connectivity index (χ0v) is 15.6. The number of hydrogen-bond donors (Lipinski definition) is 0. The molecule has 0 amide bonds. The number of benzene rings is 1. The first-order valence-electron chi connectivity index (χ1n) is 8.39. The van der Waals surface area contributed by atoms with E-state index in [-0.39, 0.29) is 17.3 Å². The molecule has 1 aromatic heterocycles. The molecule has 1 aromatic carbocycles. The van der Waals surface area contributed by atoms with Crippen molar-refractivity contribution in [3.05, 3.63) is 29.6 Å². The molecule has 0 atom stereocenters. The number of ether oxygens (including phenoxy) is 2.